The number of rotatable bonds is 4. The van der Waals surface area contributed by atoms with Crippen molar-refractivity contribution in [3.63, 3.8) is 0 Å². The first-order chi connectivity index (χ1) is 11.1. The van der Waals surface area contributed by atoms with Gasteiger partial charge in [0, 0.05) is 18.4 Å². The molecule has 0 bridgehead atoms. The Morgan fingerprint density at radius 3 is 2.43 bits per heavy atom. The first-order valence-electron chi connectivity index (χ1n) is 7.82. The van der Waals surface area contributed by atoms with Crippen LogP contribution in [0.2, 0.25) is 0 Å². The zero-order valence-corrected chi connectivity index (χ0v) is 13.8. The number of carbonyl (C=O) groups excluding carboxylic acids is 1. The summed E-state index contributed by atoms with van der Waals surface area (Å²) in [6, 6.07) is 5.76. The lowest BCUT2D eigenvalue weighted by molar-refractivity contribution is -0.163. The van der Waals surface area contributed by atoms with Crippen LogP contribution in [0, 0.1) is 0 Å². The van der Waals surface area contributed by atoms with Crippen LogP contribution in [-0.4, -0.2) is 39.0 Å². The molecule has 2 aliphatic rings. The third-order valence-electron chi connectivity index (χ3n) is 4.54. The van der Waals surface area contributed by atoms with E-state index in [1.807, 2.05) is 18.2 Å². The number of ketones is 1. The summed E-state index contributed by atoms with van der Waals surface area (Å²) in [5.74, 6) is 0.791. The molecule has 23 heavy (non-hydrogen) atoms. The quantitative estimate of drug-likeness (QED) is 0.854. The maximum atomic E-state index is 12.2. The first-order valence-corrected chi connectivity index (χ1v) is 7.82. The van der Waals surface area contributed by atoms with Gasteiger partial charge in [-0.1, -0.05) is 6.07 Å². The molecule has 0 N–H and O–H groups in total. The lowest BCUT2D eigenvalue weighted by Crippen LogP contribution is -2.34. The number of carbonyl (C=O) groups is 1. The van der Waals surface area contributed by atoms with E-state index in [4.69, 9.17) is 18.9 Å². The second-order valence-corrected chi connectivity index (χ2v) is 5.87. The Labute approximate surface area is 136 Å². The number of benzene rings is 1. The van der Waals surface area contributed by atoms with Crippen molar-refractivity contribution in [2.45, 2.75) is 32.0 Å². The largest absolute Gasteiger partial charge is 0.493 e. The molecule has 1 aliphatic carbocycles. The van der Waals surface area contributed by atoms with E-state index in [2.05, 4.69) is 0 Å². The molecule has 0 saturated carbocycles. The van der Waals surface area contributed by atoms with Crippen molar-refractivity contribution in [1.82, 2.24) is 0 Å². The summed E-state index contributed by atoms with van der Waals surface area (Å²) in [4.78, 5) is 12.2. The van der Waals surface area contributed by atoms with Gasteiger partial charge in [0.1, 0.15) is 0 Å². The Kier molecular flexibility index (Phi) is 4.41. The Balaban J connectivity index is 2.00. The van der Waals surface area contributed by atoms with Crippen molar-refractivity contribution >= 4 is 11.4 Å². The average Bonchev–Trinajstić information content (AvgIpc) is 3.02. The second kappa shape index (κ2) is 6.34. The third-order valence-corrected chi connectivity index (χ3v) is 4.54. The minimum absolute atomic E-state index is 0.0629. The van der Waals surface area contributed by atoms with E-state index in [0.29, 0.717) is 31.1 Å². The van der Waals surface area contributed by atoms with Gasteiger partial charge < -0.3 is 18.9 Å². The molecule has 5 heteroatoms. The van der Waals surface area contributed by atoms with E-state index in [0.717, 1.165) is 29.6 Å². The molecule has 0 unspecified atom stereocenters. The van der Waals surface area contributed by atoms with Gasteiger partial charge in [-0.2, -0.15) is 0 Å². The predicted molar refractivity (Wildman–Crippen MR) is 85.6 cm³/mol. The number of hydrogen-bond donors (Lipinski definition) is 0. The van der Waals surface area contributed by atoms with Gasteiger partial charge >= 0.3 is 0 Å². The number of Topliss-reactive ketones (excluding diaryl/α,β-unsaturated/α-hetero) is 1. The minimum Gasteiger partial charge on any atom is -0.493 e. The zero-order valence-electron chi connectivity index (χ0n) is 13.8. The Hall–Kier alpha value is -1.85. The predicted octanol–water partition coefficient (Wildman–Crippen LogP) is 2.97. The van der Waals surface area contributed by atoms with E-state index < -0.39 is 5.79 Å². The summed E-state index contributed by atoms with van der Waals surface area (Å²) in [5, 5.41) is 0. The summed E-state index contributed by atoms with van der Waals surface area (Å²) in [6.07, 6.45) is 2.00. The molecule has 0 aromatic heterocycles. The zero-order chi connectivity index (χ0) is 16.4. The number of hydrogen-bond acceptors (Lipinski definition) is 5. The highest BCUT2D eigenvalue weighted by atomic mass is 16.7. The Morgan fingerprint density at radius 1 is 1.13 bits per heavy atom. The van der Waals surface area contributed by atoms with Crippen LogP contribution in [0.1, 0.15) is 31.7 Å². The lowest BCUT2D eigenvalue weighted by atomic mass is 9.82. The molecule has 0 amide bonds. The molecule has 1 saturated heterocycles. The smallest absolute Gasteiger partial charge is 0.172 e. The van der Waals surface area contributed by atoms with Gasteiger partial charge in [-0.05, 0) is 36.6 Å². The summed E-state index contributed by atoms with van der Waals surface area (Å²) in [6.45, 7) is 2.79. The van der Waals surface area contributed by atoms with Crippen molar-refractivity contribution in [1.29, 1.82) is 0 Å². The fourth-order valence-corrected chi connectivity index (χ4v) is 3.35. The molecule has 1 fully saturated rings. The minimum atomic E-state index is -0.610. The third kappa shape index (κ3) is 2.99. The molecule has 1 heterocycles. The van der Waals surface area contributed by atoms with Crippen molar-refractivity contribution in [2.24, 2.45) is 0 Å². The summed E-state index contributed by atoms with van der Waals surface area (Å²) in [7, 11) is 3.22. The fourth-order valence-electron chi connectivity index (χ4n) is 3.35. The number of ether oxygens (including phenoxy) is 4. The van der Waals surface area contributed by atoms with Gasteiger partial charge in [0.05, 0.1) is 27.4 Å². The SMILES string of the molecule is COc1ccc(C2=C(C(C)=O)CC3(CC2)OCCO3)cc1OC. The molecule has 5 nitrogen and oxygen atoms in total. The van der Waals surface area contributed by atoms with Crippen molar-refractivity contribution in [2.75, 3.05) is 27.4 Å². The average molecular weight is 318 g/mol. The first kappa shape index (κ1) is 16.0. The van der Waals surface area contributed by atoms with Crippen molar-refractivity contribution < 1.29 is 23.7 Å². The molecule has 3 rings (SSSR count). The second-order valence-electron chi connectivity index (χ2n) is 5.87. The van der Waals surface area contributed by atoms with Gasteiger partial charge in [-0.25, -0.2) is 0 Å². The van der Waals surface area contributed by atoms with E-state index in [-0.39, 0.29) is 5.78 Å². The van der Waals surface area contributed by atoms with Crippen LogP contribution < -0.4 is 9.47 Å². The normalized spacial score (nSPS) is 20.0. The Morgan fingerprint density at radius 2 is 1.83 bits per heavy atom. The van der Waals surface area contributed by atoms with Crippen LogP contribution in [0.3, 0.4) is 0 Å². The summed E-state index contributed by atoms with van der Waals surface area (Å²) in [5.41, 5.74) is 2.81. The van der Waals surface area contributed by atoms with E-state index >= 15 is 0 Å². The molecule has 124 valence electrons. The van der Waals surface area contributed by atoms with Crippen LogP contribution >= 0.6 is 0 Å². The molecule has 1 spiro atoms. The monoisotopic (exact) mass is 318 g/mol. The topological polar surface area (TPSA) is 54.0 Å². The Bertz CT molecular complexity index is 641. The standard InChI is InChI=1S/C18H22O5/c1-12(19)15-11-18(22-8-9-23-18)7-6-14(15)13-4-5-16(20-2)17(10-13)21-3/h4-5,10H,6-9,11H2,1-3H3. The maximum Gasteiger partial charge on any atom is 0.172 e. The lowest BCUT2D eigenvalue weighted by Gasteiger charge is -2.34. The van der Waals surface area contributed by atoms with Crippen LogP contribution in [-0.2, 0) is 14.3 Å². The van der Waals surface area contributed by atoms with Crippen LogP contribution in [0.15, 0.2) is 23.8 Å². The van der Waals surface area contributed by atoms with Gasteiger partial charge in [-0.3, -0.25) is 4.79 Å². The molecule has 0 radical (unpaired) electrons. The van der Waals surface area contributed by atoms with Gasteiger partial charge in [-0.15, -0.1) is 0 Å². The van der Waals surface area contributed by atoms with Crippen LogP contribution in [0.25, 0.3) is 5.57 Å². The van der Waals surface area contributed by atoms with Gasteiger partial charge in [0.2, 0.25) is 0 Å². The molecular formula is C18H22O5. The van der Waals surface area contributed by atoms with E-state index in [9.17, 15) is 4.79 Å². The highest BCUT2D eigenvalue weighted by Gasteiger charge is 2.41. The van der Waals surface area contributed by atoms with Crippen molar-refractivity contribution in [3.8, 4) is 11.5 Å². The number of methoxy groups -OCH3 is 2. The number of allylic oxidation sites excluding steroid dienone is 1. The van der Waals surface area contributed by atoms with Crippen molar-refractivity contribution in [3.05, 3.63) is 29.3 Å². The van der Waals surface area contributed by atoms with Gasteiger partial charge in [0.25, 0.3) is 0 Å². The maximum absolute atomic E-state index is 12.2. The van der Waals surface area contributed by atoms with Crippen LogP contribution in [0.4, 0.5) is 0 Å². The highest BCUT2D eigenvalue weighted by molar-refractivity contribution is 6.01. The summed E-state index contributed by atoms with van der Waals surface area (Å²) >= 11 is 0. The molecule has 0 atom stereocenters. The van der Waals surface area contributed by atoms with Crippen LogP contribution in [0.5, 0.6) is 11.5 Å². The van der Waals surface area contributed by atoms with Gasteiger partial charge in [0.15, 0.2) is 23.1 Å². The summed E-state index contributed by atoms with van der Waals surface area (Å²) < 4.78 is 22.2. The molecule has 1 aromatic rings. The highest BCUT2D eigenvalue weighted by Crippen LogP contribution is 2.43. The molecule has 1 aliphatic heterocycles. The van der Waals surface area contributed by atoms with E-state index in [1.54, 1.807) is 21.1 Å². The molecule has 1 aromatic carbocycles. The molecular weight excluding hydrogens is 296 g/mol. The van der Waals surface area contributed by atoms with E-state index in [1.165, 1.54) is 0 Å². The fraction of sp³-hybridized carbons (Fsp3) is 0.500.